The van der Waals surface area contributed by atoms with Crippen molar-refractivity contribution in [1.29, 1.82) is 0 Å². The van der Waals surface area contributed by atoms with Crippen LogP contribution in [0.1, 0.15) is 6.92 Å². The molecule has 29 heteroatoms. The quantitative estimate of drug-likeness (QED) is 0.0478. The molecule has 0 saturated carbocycles. The third-order valence-corrected chi connectivity index (χ3v) is 139. The van der Waals surface area contributed by atoms with Crippen molar-refractivity contribution in [2.24, 2.45) is 0 Å². The third kappa shape index (κ3) is 9.14. The fourth-order valence-corrected chi connectivity index (χ4v) is 190. The molecule has 14 nitrogen and oxygen atoms in total. The molecule has 2 atom stereocenters. The minimum absolute atomic E-state index is 0.124. The van der Waals surface area contributed by atoms with E-state index in [2.05, 4.69) is 6.58 Å². The second-order valence-corrected chi connectivity index (χ2v) is 90.6. The van der Waals surface area contributed by atoms with E-state index in [0.717, 1.165) is 0 Å². The number of hydrogen-bond donors (Lipinski definition) is 7. The van der Waals surface area contributed by atoms with Gasteiger partial charge in [0.15, 0.2) is 27.8 Å². The molecule has 0 amide bonds. The van der Waals surface area contributed by atoms with Crippen molar-refractivity contribution in [2.75, 3.05) is 7.11 Å². The molecule has 0 heterocycles. The molecule has 0 aliphatic rings. The number of hydrogen-bond acceptors (Lipinski definition) is 14. The molecule has 228 valence electrons. The Kier molecular flexibility index (Phi) is 21.0. The molecule has 0 radical (unpaired) electrons. The molecule has 0 aromatic rings. The Morgan fingerprint density at radius 1 is 0.842 bits per heavy atom. The first-order valence-corrected chi connectivity index (χ1v) is 48.9. The maximum absolute atomic E-state index is 13.0. The van der Waals surface area contributed by atoms with Crippen LogP contribution in [0.2, 0.25) is 32.7 Å². The summed E-state index contributed by atoms with van der Waals surface area (Å²) >= 11 is 0. The Morgan fingerprint density at radius 2 is 1.29 bits per heavy atom. The highest BCUT2D eigenvalue weighted by Crippen LogP contribution is 2.40. The highest BCUT2D eigenvalue weighted by molar-refractivity contribution is 7.99. The van der Waals surface area contributed by atoms with Crippen LogP contribution in [0, 0.1) is 0 Å². The van der Waals surface area contributed by atoms with E-state index in [1.165, 1.54) is 7.11 Å². The smallest absolute Gasteiger partial charge is 0.337 e. The van der Waals surface area contributed by atoms with Gasteiger partial charge in [0.1, 0.15) is 10.5 Å². The van der Waals surface area contributed by atoms with E-state index in [9.17, 15) is 38.0 Å². The molecule has 0 aliphatic carbocycles. The Hall–Kier alpha value is 2.27. The molecule has 0 aliphatic heterocycles. The van der Waals surface area contributed by atoms with Crippen LogP contribution in [-0.2, 0) is 29.5 Å². The van der Waals surface area contributed by atoms with Crippen LogP contribution in [-0.4, -0.2) is 170 Å². The molecular weight excluding hydrogens is 753 g/mol. The van der Waals surface area contributed by atoms with E-state index in [4.69, 9.17) is 25.0 Å². The van der Waals surface area contributed by atoms with Crippen LogP contribution in [0.4, 0.5) is 0 Å². The first kappa shape index (κ1) is 42.4. The molecule has 7 N–H and O–H groups in total. The Bertz CT molecular complexity index is 704. The lowest BCUT2D eigenvalue weighted by atomic mass is 10.8. The van der Waals surface area contributed by atoms with Crippen molar-refractivity contribution in [3.63, 3.8) is 0 Å². The predicted molar refractivity (Wildman–Crippen MR) is 184 cm³/mol. The van der Waals surface area contributed by atoms with E-state index in [-0.39, 0.29) is 10.5 Å². The van der Waals surface area contributed by atoms with Gasteiger partial charge in [-0.2, -0.15) is 0 Å². The molecule has 38 heavy (non-hydrogen) atoms. The van der Waals surface area contributed by atoms with Gasteiger partial charge in [-0.1, -0.05) is 6.08 Å². The van der Waals surface area contributed by atoms with Gasteiger partial charge in [0.05, 0.1) is 0 Å². The summed E-state index contributed by atoms with van der Waals surface area (Å²) in [6, 6.07) is 0. The van der Waals surface area contributed by atoms with Crippen molar-refractivity contribution in [1.82, 2.24) is 0 Å². The first-order chi connectivity index (χ1) is 17.6. The summed E-state index contributed by atoms with van der Waals surface area (Å²) in [5.41, 5.74) is 0. The van der Waals surface area contributed by atoms with Gasteiger partial charge < -0.3 is 63.0 Å². The fourth-order valence-electron chi connectivity index (χ4n) is 3.57. The molecule has 0 spiro atoms. The maximum atomic E-state index is 13.0. The lowest BCUT2D eigenvalue weighted by Gasteiger charge is -2.58. The van der Waals surface area contributed by atoms with Crippen molar-refractivity contribution in [3.05, 3.63) is 12.7 Å². The zero-order chi connectivity index (χ0) is 30.5. The van der Waals surface area contributed by atoms with Crippen LogP contribution in [0.3, 0.4) is 0 Å². The van der Waals surface area contributed by atoms with Crippen molar-refractivity contribution in [2.45, 2.75) is 39.7 Å². The number of allylic oxidation sites excluding steroid dienone is 1. The van der Waals surface area contributed by atoms with E-state index in [1.54, 1.807) is 38.8 Å². The van der Waals surface area contributed by atoms with Gasteiger partial charge in [-0.25, -0.2) is 0 Å². The van der Waals surface area contributed by atoms with Gasteiger partial charge >= 0.3 is 15.2 Å². The highest BCUT2D eigenvalue weighted by Gasteiger charge is 2.82. The fraction of sp³-hybridized carbons (Fsp3) is 0.778. The molecule has 0 fully saturated rings. The van der Waals surface area contributed by atoms with Gasteiger partial charge in [0.25, 0.3) is 42.0 Å². The van der Waals surface area contributed by atoms with Crippen LogP contribution in [0.25, 0.3) is 0 Å². The van der Waals surface area contributed by atoms with Crippen molar-refractivity contribution in [3.8, 4) is 0 Å². The van der Waals surface area contributed by atoms with Gasteiger partial charge in [0.2, 0.25) is 34.2 Å². The average Bonchev–Trinajstić information content (AvgIpc) is 2.88. The third-order valence-electron chi connectivity index (χ3n) is 6.43. The Labute approximate surface area is 250 Å². The number of rotatable bonds is 19. The monoisotopic (exact) mass is 800 g/mol. The lowest BCUT2D eigenvalue weighted by molar-refractivity contribution is 0.351. The van der Waals surface area contributed by atoms with E-state index in [0.29, 0.717) is 0 Å². The van der Waals surface area contributed by atoms with Gasteiger partial charge in [0, 0.05) is 7.11 Å². The maximum Gasteiger partial charge on any atom is 0.337 e. The summed E-state index contributed by atoms with van der Waals surface area (Å²) in [4.78, 5) is 74.3. The second kappa shape index (κ2) is 18.8. The lowest BCUT2D eigenvalue weighted by Crippen LogP contribution is -2.97. The van der Waals surface area contributed by atoms with E-state index < -0.39 is 119 Å². The topological polar surface area (TPSA) is 214 Å². The minimum Gasteiger partial charge on any atom is -0.447 e. The van der Waals surface area contributed by atoms with Gasteiger partial charge in [-0.3, -0.25) is 0 Å². The van der Waals surface area contributed by atoms with Crippen LogP contribution in [0.5, 0.6) is 0 Å². The largest absolute Gasteiger partial charge is 0.447 e. The van der Waals surface area contributed by atoms with Crippen molar-refractivity contribution < 1.29 is 63.0 Å². The first-order valence-electron chi connectivity index (χ1n) is 11.7. The van der Waals surface area contributed by atoms with Crippen LogP contribution in [0.15, 0.2) is 12.7 Å². The highest BCUT2D eigenvalue weighted by atomic mass is 30.2. The average molecular weight is 802 g/mol. The van der Waals surface area contributed by atoms with E-state index in [1.807, 2.05) is 6.92 Å². The molecular formula is C9H48O14Si15. The second-order valence-electron chi connectivity index (χ2n) is 9.28. The Balaban J connectivity index is 0. The summed E-state index contributed by atoms with van der Waals surface area (Å²) in [5, 5.41) is 0. The molecule has 0 bridgehead atoms. The molecule has 0 aromatic heterocycles. The van der Waals surface area contributed by atoms with Crippen molar-refractivity contribution >= 4 is 130 Å². The predicted octanol–water partition coefficient (Wildman–Crippen LogP) is -10.4. The summed E-state index contributed by atoms with van der Waals surface area (Å²) in [7, 11) is -30.6. The van der Waals surface area contributed by atoms with Gasteiger partial charge in [-0.05, 0) is 39.7 Å². The summed E-state index contributed by atoms with van der Waals surface area (Å²) < 4.78 is 50.7. The standard InChI is InChI=1S/C6H42O14Si15.C3H6/c1-15-31(5,6)35(28-13,18-23-8)33(19-30(3,4)29(2)14,20-32(16-21,24-9)25-10)34(26-11,27-12)17-22-7;1-3-2/h7-13H,22-28H2,1-6,21H3;3H,1H2,2H3. The van der Waals surface area contributed by atoms with Crippen LogP contribution < -0.4 is 0 Å². The molecule has 2 unspecified atom stereocenters. The molecule has 0 saturated heterocycles. The van der Waals surface area contributed by atoms with Gasteiger partial charge in [-0.15, -0.1) is 6.58 Å². The Morgan fingerprint density at radius 3 is 1.55 bits per heavy atom. The summed E-state index contributed by atoms with van der Waals surface area (Å²) in [6.07, 6.45) is 1.75. The zero-order valence-electron chi connectivity index (χ0n) is 23.7. The normalized spacial score (nSPS) is 21.0. The zero-order valence-corrected chi connectivity index (χ0v) is 42.6. The van der Waals surface area contributed by atoms with Crippen LogP contribution >= 0.6 is 0 Å². The molecule has 0 rings (SSSR count). The molecule has 0 aromatic carbocycles. The summed E-state index contributed by atoms with van der Waals surface area (Å²) in [5.74, 6) is 0. The minimum atomic E-state index is -4.40. The van der Waals surface area contributed by atoms with E-state index >= 15 is 0 Å². The SMILES string of the molecule is C=CC.CO[Si](C)(C)[Si](O[SiH2]O)([SiH2]O)[Si](O[Si](O[SiH3])([SiH2]O)[SiH2]O)(O[Si](C)(C)[Si](C)=O)[Si](O[SiH2]O)([SiH2]O)[SiH2]O. The summed E-state index contributed by atoms with van der Waals surface area (Å²) in [6.45, 7) is 6.02.